The van der Waals surface area contributed by atoms with E-state index in [4.69, 9.17) is 4.42 Å². The third kappa shape index (κ3) is 4.72. The molecule has 2 bridgehead atoms. The lowest BCUT2D eigenvalue weighted by atomic mass is 9.58. The molecule has 3 aliphatic carbocycles. The molecule has 1 heterocycles. The molecule has 0 aliphatic heterocycles. The van der Waals surface area contributed by atoms with Gasteiger partial charge in [0.2, 0.25) is 0 Å². The van der Waals surface area contributed by atoms with Crippen LogP contribution in [0.2, 0.25) is 0 Å². The second-order valence-electron chi connectivity index (χ2n) is 15.7. The number of nitrogens with zero attached hydrogens (tertiary/aromatic N) is 1. The first kappa shape index (κ1) is 31.4. The van der Waals surface area contributed by atoms with E-state index >= 15 is 0 Å². The average Bonchev–Trinajstić information content (AvgIpc) is 3.75. The fourth-order valence-electron chi connectivity index (χ4n) is 10.3. The van der Waals surface area contributed by atoms with Gasteiger partial charge in [-0.2, -0.15) is 0 Å². The number of allylic oxidation sites excluding steroid dienone is 2. The van der Waals surface area contributed by atoms with Crippen LogP contribution in [-0.2, 0) is 5.41 Å². The lowest BCUT2D eigenvalue weighted by Crippen LogP contribution is -2.36. The zero-order chi connectivity index (χ0) is 35.8. The standard InChI is InChI=1S/C52H41NO/c1-34-31-35-29-30-52(39(32-34)33-35)46-17-7-5-14-45(46)50-47(52)18-10-19-48(50)53(40-25-21-37(22-26-40)36-11-3-2-4-12-36)41-27-23-38(24-28-41)42-15-9-16-44-43-13-6-8-20-49(43)54-51(42)44/h2-28,32,34-35H,29-31,33H2,1H3. The van der Waals surface area contributed by atoms with Crippen molar-refractivity contribution >= 4 is 39.0 Å². The van der Waals surface area contributed by atoms with Crippen LogP contribution < -0.4 is 4.90 Å². The van der Waals surface area contributed by atoms with E-state index in [1.54, 1.807) is 5.57 Å². The third-order valence-electron chi connectivity index (χ3n) is 12.6. The van der Waals surface area contributed by atoms with Crippen molar-refractivity contribution < 1.29 is 4.42 Å². The van der Waals surface area contributed by atoms with Gasteiger partial charge in [0.25, 0.3) is 0 Å². The molecule has 2 heteroatoms. The summed E-state index contributed by atoms with van der Waals surface area (Å²) >= 11 is 0. The first-order chi connectivity index (χ1) is 26.7. The average molecular weight is 696 g/mol. The minimum absolute atomic E-state index is 0.0644. The zero-order valence-electron chi connectivity index (χ0n) is 30.5. The second kappa shape index (κ2) is 12.2. The number of hydrogen-bond acceptors (Lipinski definition) is 2. The van der Waals surface area contributed by atoms with Crippen LogP contribution in [0, 0.1) is 11.8 Å². The molecule has 0 N–H and O–H groups in total. The van der Waals surface area contributed by atoms with Crippen LogP contribution in [0.1, 0.15) is 43.7 Å². The number of hydrogen-bond donors (Lipinski definition) is 0. The fourth-order valence-corrected chi connectivity index (χ4v) is 10.3. The molecule has 0 radical (unpaired) electrons. The molecular formula is C52H41NO. The van der Waals surface area contributed by atoms with Gasteiger partial charge < -0.3 is 9.32 Å². The highest BCUT2D eigenvalue weighted by Gasteiger charge is 2.50. The van der Waals surface area contributed by atoms with Crippen molar-refractivity contribution in [3.05, 3.63) is 187 Å². The molecule has 1 aromatic heterocycles. The van der Waals surface area contributed by atoms with E-state index in [0.29, 0.717) is 5.92 Å². The topological polar surface area (TPSA) is 16.4 Å². The number of para-hydroxylation sites is 2. The molecule has 3 atom stereocenters. The van der Waals surface area contributed by atoms with Gasteiger partial charge in [-0.25, -0.2) is 0 Å². The normalized spacial score (nSPS) is 19.8. The van der Waals surface area contributed by atoms with E-state index in [0.717, 1.165) is 50.4 Å². The number of furan rings is 1. The molecule has 2 nitrogen and oxygen atoms in total. The summed E-state index contributed by atoms with van der Waals surface area (Å²) in [5.74, 6) is 1.42. The van der Waals surface area contributed by atoms with Gasteiger partial charge in [-0.1, -0.05) is 146 Å². The van der Waals surface area contributed by atoms with Crippen molar-refractivity contribution in [1.29, 1.82) is 0 Å². The van der Waals surface area contributed by atoms with Crippen molar-refractivity contribution in [3.8, 4) is 33.4 Å². The highest BCUT2D eigenvalue weighted by atomic mass is 16.3. The Kier molecular flexibility index (Phi) is 7.11. The number of fused-ring (bicyclic) bond motifs is 11. The minimum Gasteiger partial charge on any atom is -0.455 e. The predicted molar refractivity (Wildman–Crippen MR) is 225 cm³/mol. The molecule has 0 amide bonds. The van der Waals surface area contributed by atoms with E-state index in [1.807, 2.05) is 6.07 Å². The highest BCUT2D eigenvalue weighted by molar-refractivity contribution is 6.09. The summed E-state index contributed by atoms with van der Waals surface area (Å²) in [6.07, 6.45) is 7.63. The van der Waals surface area contributed by atoms with E-state index in [1.165, 1.54) is 64.8 Å². The van der Waals surface area contributed by atoms with Crippen molar-refractivity contribution in [2.45, 2.75) is 38.0 Å². The Morgan fingerprint density at radius 1 is 0.574 bits per heavy atom. The third-order valence-corrected chi connectivity index (χ3v) is 12.6. The largest absolute Gasteiger partial charge is 0.455 e. The number of benzene rings is 7. The van der Waals surface area contributed by atoms with Gasteiger partial charge in [0.05, 0.1) is 5.69 Å². The van der Waals surface area contributed by atoms with Gasteiger partial charge >= 0.3 is 0 Å². The Balaban J connectivity index is 1.09. The molecule has 11 rings (SSSR count). The van der Waals surface area contributed by atoms with Crippen LogP contribution in [0.3, 0.4) is 0 Å². The SMILES string of the molecule is CC1C=C2CC(CCC23c2ccccc2-c2c(N(c4ccc(-c5ccccc5)cc4)c4ccc(-c5cccc6c5oc5ccccc56)cc4)cccc23)C1. The van der Waals surface area contributed by atoms with Crippen LogP contribution in [0.25, 0.3) is 55.3 Å². The van der Waals surface area contributed by atoms with Crippen molar-refractivity contribution in [3.63, 3.8) is 0 Å². The van der Waals surface area contributed by atoms with Gasteiger partial charge in [-0.3, -0.25) is 0 Å². The maximum absolute atomic E-state index is 6.46. The van der Waals surface area contributed by atoms with Gasteiger partial charge in [-0.05, 0) is 107 Å². The molecule has 7 aromatic carbocycles. The molecule has 3 aliphatic rings. The first-order valence-electron chi connectivity index (χ1n) is 19.6. The molecule has 54 heavy (non-hydrogen) atoms. The quantitative estimate of drug-likeness (QED) is 0.167. The summed E-state index contributed by atoms with van der Waals surface area (Å²) in [6.45, 7) is 2.42. The number of rotatable bonds is 5. The van der Waals surface area contributed by atoms with Gasteiger partial charge in [-0.15, -0.1) is 0 Å². The van der Waals surface area contributed by atoms with Crippen molar-refractivity contribution in [2.75, 3.05) is 4.90 Å². The Morgan fingerprint density at radius 3 is 2.06 bits per heavy atom. The Morgan fingerprint density at radius 2 is 1.22 bits per heavy atom. The van der Waals surface area contributed by atoms with Gasteiger partial charge in [0.1, 0.15) is 11.2 Å². The van der Waals surface area contributed by atoms with E-state index in [9.17, 15) is 0 Å². The lowest BCUT2D eigenvalue weighted by molar-refractivity contribution is 0.284. The summed E-state index contributed by atoms with van der Waals surface area (Å²) in [5, 5.41) is 2.30. The lowest BCUT2D eigenvalue weighted by Gasteiger charge is -2.45. The summed E-state index contributed by atoms with van der Waals surface area (Å²) in [7, 11) is 0. The van der Waals surface area contributed by atoms with E-state index in [2.05, 4.69) is 176 Å². The minimum atomic E-state index is -0.0644. The van der Waals surface area contributed by atoms with Gasteiger partial charge in [0, 0.05) is 38.7 Å². The summed E-state index contributed by atoms with van der Waals surface area (Å²) in [4.78, 5) is 2.48. The molecule has 1 spiro atoms. The highest BCUT2D eigenvalue weighted by Crippen LogP contribution is 2.63. The summed E-state index contributed by atoms with van der Waals surface area (Å²) in [6, 6.07) is 60.0. The van der Waals surface area contributed by atoms with Crippen molar-refractivity contribution in [1.82, 2.24) is 0 Å². The molecule has 0 saturated heterocycles. The van der Waals surface area contributed by atoms with Crippen LogP contribution in [0.4, 0.5) is 17.1 Å². The van der Waals surface area contributed by atoms with Crippen LogP contribution in [0.15, 0.2) is 180 Å². The molecule has 8 aromatic rings. The maximum atomic E-state index is 6.46. The predicted octanol–water partition coefficient (Wildman–Crippen LogP) is 14.4. The van der Waals surface area contributed by atoms with E-state index in [-0.39, 0.29) is 5.41 Å². The Hall–Kier alpha value is -6.12. The first-order valence-corrected chi connectivity index (χ1v) is 19.6. The Labute approximate surface area is 317 Å². The smallest absolute Gasteiger partial charge is 0.143 e. The molecule has 1 fully saturated rings. The Bertz CT molecular complexity index is 2740. The molecule has 1 saturated carbocycles. The monoisotopic (exact) mass is 695 g/mol. The van der Waals surface area contributed by atoms with Crippen LogP contribution >= 0.6 is 0 Å². The second-order valence-corrected chi connectivity index (χ2v) is 15.7. The summed E-state index contributed by atoms with van der Waals surface area (Å²) in [5.41, 5.74) is 17.3. The molecule has 260 valence electrons. The van der Waals surface area contributed by atoms with Crippen LogP contribution in [-0.4, -0.2) is 0 Å². The number of anilines is 3. The summed E-state index contributed by atoms with van der Waals surface area (Å²) < 4.78 is 6.46. The van der Waals surface area contributed by atoms with E-state index < -0.39 is 0 Å². The maximum Gasteiger partial charge on any atom is 0.143 e. The van der Waals surface area contributed by atoms with Crippen LogP contribution in [0.5, 0.6) is 0 Å². The molecule has 3 unspecified atom stereocenters. The zero-order valence-corrected chi connectivity index (χ0v) is 30.5. The fraction of sp³-hybridized carbons (Fsp3) is 0.154. The van der Waals surface area contributed by atoms with Crippen molar-refractivity contribution in [2.24, 2.45) is 11.8 Å². The molecular weight excluding hydrogens is 655 g/mol. The van der Waals surface area contributed by atoms with Gasteiger partial charge in [0.15, 0.2) is 0 Å².